The zero-order valence-electron chi connectivity index (χ0n) is 14.0. The maximum atomic E-state index is 5.87. The van der Waals surface area contributed by atoms with Crippen molar-refractivity contribution in [2.45, 2.75) is 33.6 Å². The van der Waals surface area contributed by atoms with E-state index in [0.717, 1.165) is 40.4 Å². The Morgan fingerprint density at radius 2 is 1.73 bits per heavy atom. The standard InChI is InChI=1S/C18H28BrNO2/c1-14-4-6-20(7-5-14)8-9-21-10-11-22-18-15(2)12-17(19)13-16(18)3/h12-14H,4-11H2,1-3H3. The van der Waals surface area contributed by atoms with Gasteiger partial charge in [0.1, 0.15) is 12.4 Å². The van der Waals surface area contributed by atoms with Gasteiger partial charge >= 0.3 is 0 Å². The molecule has 0 saturated carbocycles. The number of aryl methyl sites for hydroxylation is 2. The molecular formula is C18H28BrNO2. The highest BCUT2D eigenvalue weighted by Gasteiger charge is 2.14. The monoisotopic (exact) mass is 369 g/mol. The molecule has 0 radical (unpaired) electrons. The smallest absolute Gasteiger partial charge is 0.125 e. The molecule has 0 amide bonds. The lowest BCUT2D eigenvalue weighted by atomic mass is 9.99. The summed E-state index contributed by atoms with van der Waals surface area (Å²) in [6.07, 6.45) is 2.65. The second-order valence-electron chi connectivity index (χ2n) is 6.35. The van der Waals surface area contributed by atoms with Gasteiger partial charge in [-0.3, -0.25) is 0 Å². The molecule has 22 heavy (non-hydrogen) atoms. The summed E-state index contributed by atoms with van der Waals surface area (Å²) in [4.78, 5) is 2.50. The van der Waals surface area contributed by atoms with Crippen LogP contribution in [-0.4, -0.2) is 44.4 Å². The van der Waals surface area contributed by atoms with Gasteiger partial charge in [0.2, 0.25) is 0 Å². The molecule has 0 unspecified atom stereocenters. The summed E-state index contributed by atoms with van der Waals surface area (Å²) in [6, 6.07) is 4.17. The highest BCUT2D eigenvalue weighted by Crippen LogP contribution is 2.27. The molecule has 1 aliphatic heterocycles. The van der Waals surface area contributed by atoms with Crippen molar-refractivity contribution in [3.8, 4) is 5.75 Å². The Balaban J connectivity index is 1.60. The SMILES string of the molecule is Cc1cc(Br)cc(C)c1OCCOCCN1CCC(C)CC1. The summed E-state index contributed by atoms with van der Waals surface area (Å²) in [6.45, 7) is 12.0. The Labute approximate surface area is 143 Å². The topological polar surface area (TPSA) is 21.7 Å². The van der Waals surface area contributed by atoms with Crippen molar-refractivity contribution in [1.82, 2.24) is 4.90 Å². The zero-order valence-corrected chi connectivity index (χ0v) is 15.6. The normalized spacial score (nSPS) is 16.9. The fraction of sp³-hybridized carbons (Fsp3) is 0.667. The number of halogens is 1. The molecule has 0 N–H and O–H groups in total. The molecule has 0 aromatic heterocycles. The average molecular weight is 370 g/mol. The van der Waals surface area contributed by atoms with Gasteiger partial charge in [-0.15, -0.1) is 0 Å². The first-order valence-electron chi connectivity index (χ1n) is 8.26. The molecule has 0 atom stereocenters. The number of likely N-dealkylation sites (tertiary alicyclic amines) is 1. The average Bonchev–Trinajstić information content (AvgIpc) is 2.46. The molecule has 1 saturated heterocycles. The van der Waals surface area contributed by atoms with Crippen LogP contribution in [0.3, 0.4) is 0 Å². The largest absolute Gasteiger partial charge is 0.491 e. The van der Waals surface area contributed by atoms with Crippen molar-refractivity contribution in [2.75, 3.05) is 39.5 Å². The summed E-state index contributed by atoms with van der Waals surface area (Å²) in [5.74, 6) is 1.87. The second kappa shape index (κ2) is 8.90. The maximum absolute atomic E-state index is 5.87. The molecule has 1 fully saturated rings. The first-order chi connectivity index (χ1) is 10.6. The summed E-state index contributed by atoms with van der Waals surface area (Å²) in [5.41, 5.74) is 2.32. The van der Waals surface area contributed by atoms with Crippen molar-refractivity contribution >= 4 is 15.9 Å². The molecule has 1 aromatic carbocycles. The van der Waals surface area contributed by atoms with Gasteiger partial charge < -0.3 is 14.4 Å². The number of hydrogen-bond donors (Lipinski definition) is 0. The van der Waals surface area contributed by atoms with Crippen molar-refractivity contribution < 1.29 is 9.47 Å². The van der Waals surface area contributed by atoms with E-state index in [0.29, 0.717) is 13.2 Å². The summed E-state index contributed by atoms with van der Waals surface area (Å²) >= 11 is 3.51. The first-order valence-corrected chi connectivity index (χ1v) is 9.05. The fourth-order valence-corrected chi connectivity index (χ4v) is 3.60. The number of ether oxygens (including phenoxy) is 2. The van der Waals surface area contributed by atoms with Crippen LogP contribution >= 0.6 is 15.9 Å². The van der Waals surface area contributed by atoms with E-state index in [2.05, 4.69) is 53.7 Å². The minimum Gasteiger partial charge on any atom is -0.491 e. The Bertz CT molecular complexity index is 447. The van der Waals surface area contributed by atoms with E-state index in [1.54, 1.807) is 0 Å². The van der Waals surface area contributed by atoms with Gasteiger partial charge in [-0.05, 0) is 69.0 Å². The van der Waals surface area contributed by atoms with Crippen LogP contribution < -0.4 is 4.74 Å². The fourth-order valence-electron chi connectivity index (χ4n) is 2.91. The predicted octanol–water partition coefficient (Wildman–Crippen LogP) is 4.19. The molecule has 1 aliphatic rings. The minimum absolute atomic E-state index is 0.611. The van der Waals surface area contributed by atoms with Gasteiger partial charge in [0.15, 0.2) is 0 Å². The molecule has 0 spiro atoms. The van der Waals surface area contributed by atoms with E-state index in [9.17, 15) is 0 Å². The van der Waals surface area contributed by atoms with Gasteiger partial charge in [0.05, 0.1) is 13.2 Å². The summed E-state index contributed by atoms with van der Waals surface area (Å²) < 4.78 is 12.7. The van der Waals surface area contributed by atoms with E-state index in [-0.39, 0.29) is 0 Å². The molecule has 2 rings (SSSR count). The lowest BCUT2D eigenvalue weighted by molar-refractivity contribution is 0.0706. The van der Waals surface area contributed by atoms with Crippen molar-refractivity contribution in [3.63, 3.8) is 0 Å². The maximum Gasteiger partial charge on any atom is 0.125 e. The number of nitrogens with zero attached hydrogens (tertiary/aromatic N) is 1. The Kier molecular flexibility index (Phi) is 7.19. The number of piperidine rings is 1. The molecule has 0 aliphatic carbocycles. The van der Waals surface area contributed by atoms with E-state index in [4.69, 9.17) is 9.47 Å². The van der Waals surface area contributed by atoms with Crippen molar-refractivity contribution in [3.05, 3.63) is 27.7 Å². The van der Waals surface area contributed by atoms with Gasteiger partial charge in [-0.2, -0.15) is 0 Å². The summed E-state index contributed by atoms with van der Waals surface area (Å²) in [5, 5.41) is 0. The van der Waals surface area contributed by atoms with Crippen LogP contribution in [0, 0.1) is 19.8 Å². The summed E-state index contributed by atoms with van der Waals surface area (Å²) in [7, 11) is 0. The van der Waals surface area contributed by atoms with Crippen molar-refractivity contribution in [2.24, 2.45) is 5.92 Å². The van der Waals surface area contributed by atoms with Gasteiger partial charge in [-0.1, -0.05) is 22.9 Å². The van der Waals surface area contributed by atoms with Gasteiger partial charge in [0, 0.05) is 11.0 Å². The minimum atomic E-state index is 0.611. The predicted molar refractivity (Wildman–Crippen MR) is 94.8 cm³/mol. The van der Waals surface area contributed by atoms with Gasteiger partial charge in [0.25, 0.3) is 0 Å². The first kappa shape index (κ1) is 17.8. The van der Waals surface area contributed by atoms with E-state index in [1.807, 2.05) is 0 Å². The van der Waals surface area contributed by atoms with Crippen LogP contribution in [0.4, 0.5) is 0 Å². The highest BCUT2D eigenvalue weighted by atomic mass is 79.9. The van der Waals surface area contributed by atoms with Crippen LogP contribution in [-0.2, 0) is 4.74 Å². The van der Waals surface area contributed by atoms with Gasteiger partial charge in [-0.25, -0.2) is 0 Å². The van der Waals surface area contributed by atoms with E-state index in [1.165, 1.54) is 25.9 Å². The lowest BCUT2D eigenvalue weighted by Gasteiger charge is -2.29. The quantitative estimate of drug-likeness (QED) is 0.672. The third-order valence-corrected chi connectivity index (χ3v) is 4.79. The molecule has 124 valence electrons. The number of hydrogen-bond acceptors (Lipinski definition) is 3. The Morgan fingerprint density at radius 1 is 1.09 bits per heavy atom. The molecule has 3 nitrogen and oxygen atoms in total. The third-order valence-electron chi connectivity index (χ3n) is 4.33. The Hall–Kier alpha value is -0.580. The number of rotatable bonds is 7. The van der Waals surface area contributed by atoms with E-state index < -0.39 is 0 Å². The molecular weight excluding hydrogens is 342 g/mol. The third kappa shape index (κ3) is 5.56. The number of benzene rings is 1. The molecule has 1 aromatic rings. The van der Waals surface area contributed by atoms with Crippen LogP contribution in [0.5, 0.6) is 5.75 Å². The molecule has 0 bridgehead atoms. The zero-order chi connectivity index (χ0) is 15.9. The molecule has 1 heterocycles. The highest BCUT2D eigenvalue weighted by molar-refractivity contribution is 9.10. The van der Waals surface area contributed by atoms with Crippen molar-refractivity contribution in [1.29, 1.82) is 0 Å². The Morgan fingerprint density at radius 3 is 2.36 bits per heavy atom. The second-order valence-corrected chi connectivity index (χ2v) is 7.27. The van der Waals surface area contributed by atoms with Crippen LogP contribution in [0.2, 0.25) is 0 Å². The molecule has 4 heteroatoms. The lowest BCUT2D eigenvalue weighted by Crippen LogP contribution is -2.35. The van der Waals surface area contributed by atoms with E-state index >= 15 is 0 Å². The van der Waals surface area contributed by atoms with Crippen LogP contribution in [0.15, 0.2) is 16.6 Å². The van der Waals surface area contributed by atoms with Crippen LogP contribution in [0.1, 0.15) is 30.9 Å². The van der Waals surface area contributed by atoms with Crippen LogP contribution in [0.25, 0.3) is 0 Å².